The summed E-state index contributed by atoms with van der Waals surface area (Å²) < 4.78 is 1.88. The van der Waals surface area contributed by atoms with Gasteiger partial charge >= 0.3 is 0 Å². The summed E-state index contributed by atoms with van der Waals surface area (Å²) in [6, 6.07) is 0. The van der Waals surface area contributed by atoms with Crippen LogP contribution in [-0.2, 0) is 6.54 Å². The molecule has 1 fully saturated rings. The van der Waals surface area contributed by atoms with Crippen LogP contribution >= 0.6 is 23.2 Å². The minimum Gasteiger partial charge on any atom is -0.382 e. The number of hydrogen-bond donors (Lipinski definition) is 2. The number of piperidine rings is 1. The normalized spacial score (nSPS) is 20.6. The Hall–Kier alpha value is -1.96. The molecule has 4 heterocycles. The smallest absolute Gasteiger partial charge is 0.166 e. The maximum Gasteiger partial charge on any atom is 0.166 e. The number of nitrogens with two attached hydrogens (primary N) is 1. The van der Waals surface area contributed by atoms with Crippen LogP contribution in [0.4, 0.5) is 5.82 Å². The summed E-state index contributed by atoms with van der Waals surface area (Å²) in [6.45, 7) is 4.56. The van der Waals surface area contributed by atoms with Crippen LogP contribution in [0.2, 0.25) is 10.0 Å². The fourth-order valence-corrected chi connectivity index (χ4v) is 3.89. The molecule has 0 unspecified atom stereocenters. The third kappa shape index (κ3) is 3.11. The number of nitrogens with zero attached hydrogens (tertiary/aromatic N) is 5. The molecule has 7 nitrogen and oxygen atoms in total. The lowest BCUT2D eigenvalue weighted by Gasteiger charge is -2.27. The molecule has 1 aromatic rings. The maximum atomic E-state index is 6.26. The number of anilines is 1. The Morgan fingerprint density at radius 3 is 2.77 bits per heavy atom. The van der Waals surface area contributed by atoms with Crippen molar-refractivity contribution in [3.05, 3.63) is 40.2 Å². The molecule has 0 aromatic carbocycles. The molecule has 3 N–H and O–H groups in total. The molecule has 0 amide bonds. The molecule has 2 atom stereocenters. The van der Waals surface area contributed by atoms with Crippen molar-refractivity contribution in [1.82, 2.24) is 29.8 Å². The van der Waals surface area contributed by atoms with Gasteiger partial charge in [-0.3, -0.25) is 4.98 Å². The van der Waals surface area contributed by atoms with Gasteiger partial charge in [-0.15, -0.1) is 0 Å². The van der Waals surface area contributed by atoms with Gasteiger partial charge in [-0.05, 0) is 25.4 Å². The number of nitrogen functional groups attached to an aromatic ring is 1. The van der Waals surface area contributed by atoms with Gasteiger partial charge in [-0.25, -0.2) is 15.0 Å². The number of aromatic nitrogens is 5. The highest BCUT2D eigenvalue weighted by Gasteiger charge is 2.29. The fraction of sp³-hybridized carbons (Fsp3) is 0.412. The highest BCUT2D eigenvalue weighted by molar-refractivity contribution is 6.35. The molecule has 0 radical (unpaired) electrons. The van der Waals surface area contributed by atoms with E-state index in [0.717, 1.165) is 30.9 Å². The van der Waals surface area contributed by atoms with Gasteiger partial charge in [0.25, 0.3) is 0 Å². The van der Waals surface area contributed by atoms with Crippen LogP contribution in [0.25, 0.3) is 11.5 Å². The van der Waals surface area contributed by atoms with Gasteiger partial charge in [-0.1, -0.05) is 30.1 Å². The molecule has 3 aliphatic heterocycles. The number of imidazole rings is 1. The van der Waals surface area contributed by atoms with Gasteiger partial charge in [0.15, 0.2) is 17.3 Å². The van der Waals surface area contributed by atoms with Crippen molar-refractivity contribution in [2.24, 2.45) is 5.92 Å². The second-order valence-corrected chi connectivity index (χ2v) is 7.48. The Balaban J connectivity index is 1.76. The van der Waals surface area contributed by atoms with Crippen LogP contribution in [0, 0.1) is 5.92 Å². The zero-order valence-corrected chi connectivity index (χ0v) is 15.8. The van der Waals surface area contributed by atoms with E-state index in [1.807, 2.05) is 4.57 Å². The average Bonchev–Trinajstić information content (AvgIpc) is 3.07. The molecule has 9 heteroatoms. The molecule has 136 valence electrons. The molecular formula is C17H19Cl2N7. The van der Waals surface area contributed by atoms with E-state index in [1.165, 1.54) is 0 Å². The Morgan fingerprint density at radius 2 is 2.04 bits per heavy atom. The summed E-state index contributed by atoms with van der Waals surface area (Å²) in [7, 11) is 0. The number of halogens is 2. The van der Waals surface area contributed by atoms with E-state index in [-0.39, 0.29) is 0 Å². The van der Waals surface area contributed by atoms with Gasteiger partial charge in [0.05, 0.1) is 22.9 Å². The molecule has 0 saturated carbocycles. The van der Waals surface area contributed by atoms with E-state index in [4.69, 9.17) is 38.9 Å². The van der Waals surface area contributed by atoms with Crippen molar-refractivity contribution in [2.75, 3.05) is 18.8 Å². The Labute approximate surface area is 161 Å². The predicted molar refractivity (Wildman–Crippen MR) is 102 cm³/mol. The first-order valence-electron chi connectivity index (χ1n) is 8.51. The third-order valence-electron chi connectivity index (χ3n) is 4.91. The summed E-state index contributed by atoms with van der Waals surface area (Å²) >= 11 is 12.5. The van der Waals surface area contributed by atoms with Crippen LogP contribution in [0.15, 0.2) is 18.7 Å². The second-order valence-electron chi connectivity index (χ2n) is 6.67. The van der Waals surface area contributed by atoms with Crippen molar-refractivity contribution in [3.63, 3.8) is 0 Å². The Kier molecular flexibility index (Phi) is 4.69. The maximum absolute atomic E-state index is 6.26. The van der Waals surface area contributed by atoms with E-state index in [9.17, 15) is 0 Å². The number of rotatable bonds is 3. The van der Waals surface area contributed by atoms with E-state index < -0.39 is 0 Å². The molecule has 0 spiro atoms. The van der Waals surface area contributed by atoms with Gasteiger partial charge < -0.3 is 15.6 Å². The van der Waals surface area contributed by atoms with E-state index in [2.05, 4.69) is 22.2 Å². The highest BCUT2D eigenvalue weighted by Crippen LogP contribution is 2.33. The van der Waals surface area contributed by atoms with Crippen LogP contribution in [-0.4, -0.2) is 37.6 Å². The van der Waals surface area contributed by atoms with Crippen LogP contribution in [0.3, 0.4) is 0 Å². The summed E-state index contributed by atoms with van der Waals surface area (Å²) in [5, 5.41) is 4.41. The summed E-state index contributed by atoms with van der Waals surface area (Å²) in [5.41, 5.74) is 7.44. The average molecular weight is 392 g/mol. The molecule has 26 heavy (non-hydrogen) atoms. The van der Waals surface area contributed by atoms with Crippen molar-refractivity contribution >= 4 is 29.0 Å². The molecule has 1 saturated heterocycles. The number of pyridine rings is 1. The largest absolute Gasteiger partial charge is 0.382 e. The Morgan fingerprint density at radius 1 is 1.27 bits per heavy atom. The van der Waals surface area contributed by atoms with Crippen LogP contribution in [0.1, 0.15) is 30.7 Å². The molecule has 0 bridgehead atoms. The molecule has 3 aliphatic rings. The highest BCUT2D eigenvalue weighted by atomic mass is 35.5. The standard InChI is InChI=1S/C17H19Cl2N7/c1-9-4-21-3-2-10(9)16-24-14-15(20)23-8-26(17(14)25-16)7-11-12(18)5-22-6-13(11)19/h5-6,8-10,21H,2-4,7,20H2,1H3/t9-,10+/m1/s1. The monoisotopic (exact) mass is 391 g/mol. The fourth-order valence-electron chi connectivity index (χ4n) is 3.41. The van der Waals surface area contributed by atoms with Crippen molar-refractivity contribution in [3.8, 4) is 11.5 Å². The quantitative estimate of drug-likeness (QED) is 0.712. The van der Waals surface area contributed by atoms with Gasteiger partial charge in [0.1, 0.15) is 5.82 Å². The second kappa shape index (κ2) is 6.98. The number of fused-ring (bicyclic) bond motifs is 1. The van der Waals surface area contributed by atoms with Crippen LogP contribution < -0.4 is 11.1 Å². The minimum atomic E-state index is 0.310. The SMILES string of the molecule is C[C@@H]1CNCC[C@@H]1c1nc2c(N)ncn(Cc3c(Cl)cncc3Cl)c-2n1. The van der Waals surface area contributed by atoms with Gasteiger partial charge in [0.2, 0.25) is 0 Å². The van der Waals surface area contributed by atoms with Crippen molar-refractivity contribution in [2.45, 2.75) is 25.8 Å². The lowest BCUT2D eigenvalue weighted by Crippen LogP contribution is -2.34. The zero-order chi connectivity index (χ0) is 18.3. The lowest BCUT2D eigenvalue weighted by atomic mass is 9.87. The molecule has 4 rings (SSSR count). The Bertz CT molecular complexity index is 890. The minimum absolute atomic E-state index is 0.310. The zero-order valence-electron chi connectivity index (χ0n) is 14.3. The molecule has 1 aromatic heterocycles. The van der Waals surface area contributed by atoms with Gasteiger partial charge in [-0.2, -0.15) is 0 Å². The van der Waals surface area contributed by atoms with Crippen molar-refractivity contribution < 1.29 is 0 Å². The first kappa shape index (κ1) is 17.5. The van der Waals surface area contributed by atoms with E-state index in [0.29, 0.717) is 45.8 Å². The van der Waals surface area contributed by atoms with Gasteiger partial charge in [0, 0.05) is 23.9 Å². The van der Waals surface area contributed by atoms with Crippen LogP contribution in [0.5, 0.6) is 0 Å². The number of hydrogen-bond acceptors (Lipinski definition) is 6. The topological polar surface area (TPSA) is 94.5 Å². The first-order chi connectivity index (χ1) is 12.5. The lowest BCUT2D eigenvalue weighted by molar-refractivity contribution is 0.340. The first-order valence-corrected chi connectivity index (χ1v) is 9.27. The van der Waals surface area contributed by atoms with E-state index in [1.54, 1.807) is 18.7 Å². The summed E-state index contributed by atoms with van der Waals surface area (Å²) in [6.07, 6.45) is 5.80. The van der Waals surface area contributed by atoms with E-state index >= 15 is 0 Å². The predicted octanol–water partition coefficient (Wildman–Crippen LogP) is 2.82. The molecule has 0 aliphatic carbocycles. The third-order valence-corrected chi connectivity index (χ3v) is 5.56. The molecular weight excluding hydrogens is 373 g/mol. The number of nitrogens with one attached hydrogen (secondary N) is 1. The summed E-state index contributed by atoms with van der Waals surface area (Å²) in [4.78, 5) is 17.8. The van der Waals surface area contributed by atoms with Crippen molar-refractivity contribution in [1.29, 1.82) is 0 Å². The summed E-state index contributed by atoms with van der Waals surface area (Å²) in [5.74, 6) is 2.68.